The standard InChI is InChI=1S/C27H23N3O4S/c1-16-8-9-19(12-17(16)2)28-27-29-25(31)24(35-27)13-18-14-30(22-7-5-4-6-21(18)22)15-20-10-11-23(34-20)26(32)33-3/h4-14H,15H2,1-3H3,(H,28,29,31)/b24-13-. The van der Waals surface area contributed by atoms with Crippen LogP contribution >= 0.6 is 11.8 Å². The van der Waals surface area contributed by atoms with Crippen LogP contribution < -0.4 is 5.32 Å². The Morgan fingerprint density at radius 3 is 2.77 bits per heavy atom. The van der Waals surface area contributed by atoms with Crippen LogP contribution in [0.3, 0.4) is 0 Å². The highest BCUT2D eigenvalue weighted by molar-refractivity contribution is 8.18. The van der Waals surface area contributed by atoms with Crippen molar-refractivity contribution in [3.05, 3.63) is 93.9 Å². The highest BCUT2D eigenvalue weighted by atomic mass is 32.2. The van der Waals surface area contributed by atoms with Gasteiger partial charge in [-0.25, -0.2) is 9.79 Å². The maximum absolute atomic E-state index is 12.7. The van der Waals surface area contributed by atoms with Crippen LogP contribution in [0.4, 0.5) is 5.69 Å². The molecule has 1 aliphatic rings. The number of nitrogens with one attached hydrogen (secondary N) is 1. The molecule has 0 atom stereocenters. The molecule has 2 aromatic carbocycles. The summed E-state index contributed by atoms with van der Waals surface area (Å²) in [7, 11) is 1.32. The van der Waals surface area contributed by atoms with E-state index < -0.39 is 5.97 Å². The van der Waals surface area contributed by atoms with Crippen molar-refractivity contribution in [1.82, 2.24) is 9.88 Å². The number of hydrogen-bond donors (Lipinski definition) is 1. The molecule has 4 aromatic rings. The second-order valence-corrected chi connectivity index (χ2v) is 9.27. The van der Waals surface area contributed by atoms with Crippen LogP contribution in [0.25, 0.3) is 17.0 Å². The van der Waals surface area contributed by atoms with Gasteiger partial charge in [0.25, 0.3) is 5.91 Å². The number of amides is 1. The molecule has 7 nitrogen and oxygen atoms in total. The summed E-state index contributed by atoms with van der Waals surface area (Å²) in [6.45, 7) is 4.53. The number of carbonyl (C=O) groups excluding carboxylic acids is 2. The smallest absolute Gasteiger partial charge is 0.373 e. The summed E-state index contributed by atoms with van der Waals surface area (Å²) in [6, 6.07) is 17.3. The second kappa shape index (κ2) is 9.31. The van der Waals surface area contributed by atoms with E-state index in [9.17, 15) is 9.59 Å². The van der Waals surface area contributed by atoms with Gasteiger partial charge in [0.1, 0.15) is 5.76 Å². The van der Waals surface area contributed by atoms with Gasteiger partial charge >= 0.3 is 5.97 Å². The number of aryl methyl sites for hydroxylation is 2. The lowest BCUT2D eigenvalue weighted by Crippen LogP contribution is -2.19. The van der Waals surface area contributed by atoms with Crippen LogP contribution in [0.5, 0.6) is 0 Å². The number of amidine groups is 1. The van der Waals surface area contributed by atoms with E-state index in [4.69, 9.17) is 9.15 Å². The van der Waals surface area contributed by atoms with E-state index in [-0.39, 0.29) is 11.7 Å². The van der Waals surface area contributed by atoms with Gasteiger partial charge in [-0.2, -0.15) is 0 Å². The molecule has 8 heteroatoms. The van der Waals surface area contributed by atoms with Crippen molar-refractivity contribution in [3.8, 4) is 0 Å². The average Bonchev–Trinajstić information content (AvgIpc) is 3.55. The molecule has 0 unspecified atom stereocenters. The molecular formula is C27H23N3O4S. The average molecular weight is 486 g/mol. The first-order chi connectivity index (χ1) is 16.9. The number of aromatic nitrogens is 1. The molecule has 0 saturated carbocycles. The minimum Gasteiger partial charge on any atom is -0.463 e. The molecule has 35 heavy (non-hydrogen) atoms. The molecule has 3 heterocycles. The summed E-state index contributed by atoms with van der Waals surface area (Å²) < 4.78 is 12.4. The Balaban J connectivity index is 1.44. The maximum Gasteiger partial charge on any atom is 0.373 e. The minimum atomic E-state index is -0.512. The van der Waals surface area contributed by atoms with Gasteiger partial charge in [0, 0.05) is 22.7 Å². The first-order valence-electron chi connectivity index (χ1n) is 11.0. The number of esters is 1. The Morgan fingerprint density at radius 1 is 1.14 bits per heavy atom. The van der Waals surface area contributed by atoms with Crippen LogP contribution in [0.15, 0.2) is 75.1 Å². The number of nitrogens with zero attached hydrogens (tertiary/aromatic N) is 2. The number of furan rings is 1. The van der Waals surface area contributed by atoms with Gasteiger partial charge in [0.15, 0.2) is 5.17 Å². The predicted octanol–water partition coefficient (Wildman–Crippen LogP) is 5.58. The maximum atomic E-state index is 12.7. The fraction of sp³-hybridized carbons (Fsp3) is 0.148. The summed E-state index contributed by atoms with van der Waals surface area (Å²) in [5, 5.41) is 4.42. The van der Waals surface area contributed by atoms with Crippen molar-refractivity contribution in [3.63, 3.8) is 0 Å². The Hall–Kier alpha value is -4.04. The van der Waals surface area contributed by atoms with E-state index in [0.717, 1.165) is 27.7 Å². The fourth-order valence-corrected chi connectivity index (χ4v) is 4.73. The van der Waals surface area contributed by atoms with Crippen molar-refractivity contribution in [1.29, 1.82) is 0 Å². The van der Waals surface area contributed by atoms with Crippen molar-refractivity contribution in [2.75, 3.05) is 7.11 Å². The molecular weight excluding hydrogens is 462 g/mol. The normalized spacial score (nSPS) is 15.8. The molecule has 1 fully saturated rings. The molecule has 0 bridgehead atoms. The van der Waals surface area contributed by atoms with Crippen LogP contribution in [0, 0.1) is 13.8 Å². The number of hydrogen-bond acceptors (Lipinski definition) is 6. The number of fused-ring (bicyclic) bond motifs is 1. The summed E-state index contributed by atoms with van der Waals surface area (Å²) in [6.07, 6.45) is 3.86. The zero-order chi connectivity index (χ0) is 24.5. The zero-order valence-electron chi connectivity index (χ0n) is 19.5. The van der Waals surface area contributed by atoms with Crippen LogP contribution in [0.1, 0.15) is 33.0 Å². The highest BCUT2D eigenvalue weighted by Crippen LogP contribution is 2.31. The molecule has 0 aliphatic carbocycles. The van der Waals surface area contributed by atoms with E-state index in [1.165, 1.54) is 24.4 Å². The van der Waals surface area contributed by atoms with E-state index in [2.05, 4.69) is 17.2 Å². The summed E-state index contributed by atoms with van der Waals surface area (Å²) in [5.74, 6) is 0.0989. The number of thioether (sulfide) groups is 1. The Bertz CT molecular complexity index is 1530. The quantitative estimate of drug-likeness (QED) is 0.295. The number of rotatable bonds is 5. The van der Waals surface area contributed by atoms with Gasteiger partial charge in [-0.05, 0) is 73.1 Å². The summed E-state index contributed by atoms with van der Waals surface area (Å²) in [5.41, 5.74) is 5.05. The number of para-hydroxylation sites is 1. The van der Waals surface area contributed by atoms with Gasteiger partial charge < -0.3 is 19.0 Å². The zero-order valence-corrected chi connectivity index (χ0v) is 20.3. The van der Waals surface area contributed by atoms with Crippen molar-refractivity contribution in [2.24, 2.45) is 4.99 Å². The lowest BCUT2D eigenvalue weighted by molar-refractivity contribution is -0.115. The van der Waals surface area contributed by atoms with Gasteiger partial charge in [-0.1, -0.05) is 24.3 Å². The number of benzene rings is 2. The molecule has 1 saturated heterocycles. The molecule has 1 aliphatic heterocycles. The summed E-state index contributed by atoms with van der Waals surface area (Å²) >= 11 is 1.32. The SMILES string of the molecule is COC(=O)c1ccc(Cn2cc(/C=C3\SC(=Nc4ccc(C)c(C)c4)NC3=O)c3ccccc32)o1. The van der Waals surface area contributed by atoms with Crippen molar-refractivity contribution < 1.29 is 18.7 Å². The number of methoxy groups -OCH3 is 1. The van der Waals surface area contributed by atoms with Crippen LogP contribution in [-0.4, -0.2) is 28.7 Å². The molecule has 1 N–H and O–H groups in total. The topological polar surface area (TPSA) is 85.8 Å². The Kier molecular flexibility index (Phi) is 6.05. The molecule has 1 amide bonds. The van der Waals surface area contributed by atoms with Crippen molar-refractivity contribution in [2.45, 2.75) is 20.4 Å². The van der Waals surface area contributed by atoms with E-state index in [1.807, 2.05) is 66.2 Å². The van der Waals surface area contributed by atoms with E-state index in [1.54, 1.807) is 12.1 Å². The molecule has 0 spiro atoms. The highest BCUT2D eigenvalue weighted by Gasteiger charge is 2.24. The summed E-state index contributed by atoms with van der Waals surface area (Å²) in [4.78, 5) is 29.6. The number of aliphatic imine (C=N–C) groups is 1. The lowest BCUT2D eigenvalue weighted by Gasteiger charge is -2.02. The third-order valence-electron chi connectivity index (χ3n) is 5.85. The van der Waals surface area contributed by atoms with Crippen LogP contribution in [-0.2, 0) is 16.1 Å². The molecule has 5 rings (SSSR count). The monoisotopic (exact) mass is 485 g/mol. The fourth-order valence-electron chi connectivity index (χ4n) is 3.90. The first kappa shape index (κ1) is 22.7. The lowest BCUT2D eigenvalue weighted by atomic mass is 10.1. The Morgan fingerprint density at radius 2 is 1.97 bits per heavy atom. The minimum absolute atomic E-state index is 0.163. The molecule has 0 radical (unpaired) electrons. The third kappa shape index (κ3) is 4.65. The largest absolute Gasteiger partial charge is 0.463 e. The van der Waals surface area contributed by atoms with E-state index >= 15 is 0 Å². The Labute approximate surface area is 206 Å². The second-order valence-electron chi connectivity index (χ2n) is 8.24. The molecule has 176 valence electrons. The number of ether oxygens (including phenoxy) is 1. The first-order valence-corrected chi connectivity index (χ1v) is 11.8. The van der Waals surface area contributed by atoms with Gasteiger partial charge in [0.2, 0.25) is 5.76 Å². The third-order valence-corrected chi connectivity index (χ3v) is 6.76. The van der Waals surface area contributed by atoms with Gasteiger partial charge in [-0.15, -0.1) is 0 Å². The van der Waals surface area contributed by atoms with Gasteiger partial charge in [0.05, 0.1) is 24.2 Å². The predicted molar refractivity (Wildman–Crippen MR) is 138 cm³/mol. The van der Waals surface area contributed by atoms with E-state index in [0.29, 0.717) is 22.4 Å². The van der Waals surface area contributed by atoms with Crippen molar-refractivity contribution >= 4 is 51.5 Å². The van der Waals surface area contributed by atoms with Gasteiger partial charge in [-0.3, -0.25) is 4.79 Å². The number of carbonyl (C=O) groups is 2. The van der Waals surface area contributed by atoms with Crippen LogP contribution in [0.2, 0.25) is 0 Å². The molecule has 2 aromatic heterocycles.